The van der Waals surface area contributed by atoms with E-state index in [4.69, 9.17) is 4.74 Å². The molecule has 0 saturated heterocycles. The third-order valence-electron chi connectivity index (χ3n) is 3.32. The van der Waals surface area contributed by atoms with E-state index in [0.717, 1.165) is 16.5 Å². The van der Waals surface area contributed by atoms with E-state index in [1.54, 1.807) is 0 Å². The van der Waals surface area contributed by atoms with Crippen LogP contribution >= 0.6 is 23.1 Å². The van der Waals surface area contributed by atoms with E-state index in [1.165, 1.54) is 30.2 Å². The highest BCUT2D eigenvalue weighted by Gasteiger charge is 2.11. The van der Waals surface area contributed by atoms with E-state index in [0.29, 0.717) is 9.47 Å². The number of nitrogens with one attached hydrogen (secondary N) is 2. The SMILES string of the molecule is COCC(=O)Nc1nnc(SCC(=O)Nc2cccc3ccccc23)s1. The van der Waals surface area contributed by atoms with Gasteiger partial charge in [-0.3, -0.25) is 14.9 Å². The van der Waals surface area contributed by atoms with Gasteiger partial charge in [0.25, 0.3) is 5.91 Å². The van der Waals surface area contributed by atoms with Gasteiger partial charge in [-0.1, -0.05) is 59.5 Å². The molecule has 0 radical (unpaired) electrons. The molecular weight excluding hydrogens is 372 g/mol. The molecule has 2 N–H and O–H groups in total. The Morgan fingerprint density at radius 2 is 1.88 bits per heavy atom. The summed E-state index contributed by atoms with van der Waals surface area (Å²) in [5, 5.41) is 15.8. The van der Waals surface area contributed by atoms with Gasteiger partial charge in [0.15, 0.2) is 4.34 Å². The fourth-order valence-electron chi connectivity index (χ4n) is 2.25. The highest BCUT2D eigenvalue weighted by molar-refractivity contribution is 8.01. The predicted molar refractivity (Wildman–Crippen MR) is 104 cm³/mol. The van der Waals surface area contributed by atoms with Crippen LogP contribution in [0.25, 0.3) is 10.8 Å². The zero-order chi connectivity index (χ0) is 18.4. The number of ether oxygens (including phenoxy) is 1. The molecule has 1 aromatic heterocycles. The second kappa shape index (κ2) is 8.75. The number of nitrogens with zero attached hydrogens (tertiary/aromatic N) is 2. The first-order chi connectivity index (χ1) is 12.7. The van der Waals surface area contributed by atoms with E-state index < -0.39 is 0 Å². The number of fused-ring (bicyclic) bond motifs is 1. The van der Waals surface area contributed by atoms with Crippen LogP contribution in [0.3, 0.4) is 0 Å². The van der Waals surface area contributed by atoms with E-state index in [2.05, 4.69) is 20.8 Å². The minimum Gasteiger partial charge on any atom is -0.375 e. The van der Waals surface area contributed by atoms with Gasteiger partial charge in [0.05, 0.1) is 5.75 Å². The molecule has 1 heterocycles. The molecule has 3 aromatic rings. The standard InChI is InChI=1S/C17H16N4O3S2/c1-24-9-14(22)19-16-20-21-17(26-16)25-10-15(23)18-13-8-4-6-11-5-2-3-7-12(11)13/h2-8H,9-10H2,1H3,(H,18,23)(H,19,20,22). The van der Waals surface area contributed by atoms with Gasteiger partial charge in [0.2, 0.25) is 11.0 Å². The van der Waals surface area contributed by atoms with Gasteiger partial charge in [-0.15, -0.1) is 10.2 Å². The molecular formula is C17H16N4O3S2. The van der Waals surface area contributed by atoms with E-state index in [9.17, 15) is 9.59 Å². The highest BCUT2D eigenvalue weighted by Crippen LogP contribution is 2.26. The minimum atomic E-state index is -0.297. The third-order valence-corrected chi connectivity index (χ3v) is 5.29. The molecule has 26 heavy (non-hydrogen) atoms. The molecule has 0 aliphatic rings. The van der Waals surface area contributed by atoms with Crippen LogP contribution in [-0.4, -0.2) is 41.5 Å². The molecule has 0 spiro atoms. The molecule has 7 nitrogen and oxygen atoms in total. The Hall–Kier alpha value is -2.49. The number of rotatable bonds is 7. The van der Waals surface area contributed by atoms with Crippen LogP contribution in [0.5, 0.6) is 0 Å². The molecule has 0 bridgehead atoms. The number of thioether (sulfide) groups is 1. The molecule has 0 unspecified atom stereocenters. The van der Waals surface area contributed by atoms with Crippen LogP contribution in [0.15, 0.2) is 46.8 Å². The topological polar surface area (TPSA) is 93.2 Å². The Balaban J connectivity index is 1.56. The van der Waals surface area contributed by atoms with Crippen LogP contribution < -0.4 is 10.6 Å². The van der Waals surface area contributed by atoms with Crippen molar-refractivity contribution in [3.63, 3.8) is 0 Å². The zero-order valence-corrected chi connectivity index (χ0v) is 15.5. The third kappa shape index (κ3) is 4.78. The van der Waals surface area contributed by atoms with E-state index in [1.807, 2.05) is 42.5 Å². The Morgan fingerprint density at radius 3 is 2.73 bits per heavy atom. The summed E-state index contributed by atoms with van der Waals surface area (Å²) in [6.07, 6.45) is 0. The molecule has 0 aliphatic carbocycles. The van der Waals surface area contributed by atoms with Gasteiger partial charge in [-0.25, -0.2) is 0 Å². The van der Waals surface area contributed by atoms with Crippen molar-refractivity contribution in [3.8, 4) is 0 Å². The van der Waals surface area contributed by atoms with Crippen molar-refractivity contribution in [1.29, 1.82) is 0 Å². The van der Waals surface area contributed by atoms with Crippen molar-refractivity contribution < 1.29 is 14.3 Å². The summed E-state index contributed by atoms with van der Waals surface area (Å²) in [6, 6.07) is 13.7. The summed E-state index contributed by atoms with van der Waals surface area (Å²) < 4.78 is 5.34. The molecule has 0 saturated carbocycles. The van der Waals surface area contributed by atoms with Crippen molar-refractivity contribution in [2.75, 3.05) is 30.1 Å². The first-order valence-electron chi connectivity index (χ1n) is 7.68. The predicted octanol–water partition coefficient (Wildman–Crippen LogP) is 3.01. The van der Waals surface area contributed by atoms with Crippen molar-refractivity contribution in [3.05, 3.63) is 42.5 Å². The van der Waals surface area contributed by atoms with Crippen LogP contribution in [-0.2, 0) is 14.3 Å². The molecule has 134 valence electrons. The maximum absolute atomic E-state index is 12.2. The van der Waals surface area contributed by atoms with Crippen molar-refractivity contribution in [1.82, 2.24) is 10.2 Å². The number of hydrogen-bond acceptors (Lipinski definition) is 7. The number of amides is 2. The number of carbonyl (C=O) groups excluding carboxylic acids is 2. The van der Waals surface area contributed by atoms with Gasteiger partial charge in [-0.05, 0) is 11.5 Å². The van der Waals surface area contributed by atoms with Gasteiger partial charge in [0, 0.05) is 18.2 Å². The summed E-state index contributed by atoms with van der Waals surface area (Å²) in [5.74, 6) is -0.232. The Kier molecular flexibility index (Phi) is 6.16. The van der Waals surface area contributed by atoms with Crippen LogP contribution in [0.4, 0.5) is 10.8 Å². The molecule has 2 aromatic carbocycles. The van der Waals surface area contributed by atoms with Crippen molar-refractivity contribution in [2.45, 2.75) is 4.34 Å². The summed E-state index contributed by atoms with van der Waals surface area (Å²) in [5.41, 5.74) is 0.776. The quantitative estimate of drug-likeness (QED) is 0.477. The summed E-state index contributed by atoms with van der Waals surface area (Å²) in [4.78, 5) is 23.7. The Labute approximate surface area is 158 Å². The smallest absolute Gasteiger partial charge is 0.252 e. The zero-order valence-electron chi connectivity index (χ0n) is 13.9. The highest BCUT2D eigenvalue weighted by atomic mass is 32.2. The lowest BCUT2D eigenvalue weighted by molar-refractivity contribution is -0.119. The molecule has 9 heteroatoms. The Bertz CT molecular complexity index is 924. The number of benzene rings is 2. The number of anilines is 2. The van der Waals surface area contributed by atoms with Gasteiger partial charge < -0.3 is 10.1 Å². The monoisotopic (exact) mass is 388 g/mol. The fraction of sp³-hybridized carbons (Fsp3) is 0.176. The van der Waals surface area contributed by atoms with Gasteiger partial charge in [0.1, 0.15) is 6.61 Å². The second-order valence-corrected chi connectivity index (χ2v) is 7.42. The van der Waals surface area contributed by atoms with Gasteiger partial charge in [-0.2, -0.15) is 0 Å². The maximum atomic E-state index is 12.2. The fourth-order valence-corrected chi connectivity index (χ4v) is 3.82. The number of methoxy groups -OCH3 is 1. The lowest BCUT2D eigenvalue weighted by atomic mass is 10.1. The maximum Gasteiger partial charge on any atom is 0.252 e. The van der Waals surface area contributed by atoms with Crippen LogP contribution in [0, 0.1) is 0 Å². The first-order valence-corrected chi connectivity index (χ1v) is 9.48. The van der Waals surface area contributed by atoms with Crippen molar-refractivity contribution >= 4 is 56.5 Å². The van der Waals surface area contributed by atoms with E-state index >= 15 is 0 Å². The molecule has 0 aliphatic heterocycles. The van der Waals surface area contributed by atoms with Crippen LogP contribution in [0.2, 0.25) is 0 Å². The first kappa shape index (κ1) is 18.3. The molecule has 0 fully saturated rings. The molecule has 0 atom stereocenters. The molecule has 3 rings (SSSR count). The summed E-state index contributed by atoms with van der Waals surface area (Å²) in [7, 11) is 1.44. The average Bonchev–Trinajstić information content (AvgIpc) is 3.08. The molecule has 2 amide bonds. The number of carbonyl (C=O) groups is 2. The Morgan fingerprint density at radius 1 is 1.08 bits per heavy atom. The average molecular weight is 388 g/mol. The number of hydrogen-bond donors (Lipinski definition) is 2. The van der Waals surface area contributed by atoms with Gasteiger partial charge >= 0.3 is 0 Å². The summed E-state index contributed by atoms with van der Waals surface area (Å²) in [6.45, 7) is -0.0461. The largest absolute Gasteiger partial charge is 0.375 e. The van der Waals surface area contributed by atoms with Crippen LogP contribution in [0.1, 0.15) is 0 Å². The lowest BCUT2D eigenvalue weighted by Crippen LogP contribution is -2.16. The minimum absolute atomic E-state index is 0.0461. The van der Waals surface area contributed by atoms with Crippen molar-refractivity contribution in [2.24, 2.45) is 0 Å². The normalized spacial score (nSPS) is 10.7. The second-order valence-electron chi connectivity index (χ2n) is 5.22. The lowest BCUT2D eigenvalue weighted by Gasteiger charge is -2.08. The summed E-state index contributed by atoms with van der Waals surface area (Å²) >= 11 is 2.48. The number of aromatic nitrogens is 2. The van der Waals surface area contributed by atoms with E-state index in [-0.39, 0.29) is 24.2 Å².